The highest BCUT2D eigenvalue weighted by atomic mass is 15.3. The molecule has 2 heterocycles. The topological polar surface area (TPSA) is 48.1 Å². The van der Waals surface area contributed by atoms with E-state index < -0.39 is 0 Å². The summed E-state index contributed by atoms with van der Waals surface area (Å²) in [4.78, 5) is 4.82. The predicted octanol–water partition coefficient (Wildman–Crippen LogP) is 2.81. The Morgan fingerprint density at radius 3 is 2.52 bits per heavy atom. The van der Waals surface area contributed by atoms with Crippen LogP contribution in [0.25, 0.3) is 0 Å². The van der Waals surface area contributed by atoms with Crippen LogP contribution in [-0.2, 0) is 20.0 Å². The zero-order valence-electron chi connectivity index (χ0n) is 15.4. The second kappa shape index (κ2) is 7.71. The maximum Gasteiger partial charge on any atom is 0.101 e. The first kappa shape index (κ1) is 17.5. The molecule has 1 saturated heterocycles. The van der Waals surface area contributed by atoms with E-state index in [2.05, 4.69) is 53.0 Å². The third-order valence-corrected chi connectivity index (χ3v) is 4.85. The second-order valence-electron chi connectivity index (χ2n) is 7.27. The summed E-state index contributed by atoms with van der Waals surface area (Å²) in [6.07, 6.45) is 2.91. The molecular weight excluding hydrogens is 310 g/mol. The first-order chi connectivity index (χ1) is 12.1. The van der Waals surface area contributed by atoms with Gasteiger partial charge in [-0.05, 0) is 36.1 Å². The average Bonchev–Trinajstić information content (AvgIpc) is 3.00. The Bertz CT molecular complexity index is 748. The van der Waals surface area contributed by atoms with Crippen molar-refractivity contribution in [2.75, 3.05) is 31.1 Å². The number of hydrogen-bond acceptors (Lipinski definition) is 4. The zero-order valence-corrected chi connectivity index (χ0v) is 15.4. The molecule has 3 rings (SSSR count). The number of aryl methyl sites for hydroxylation is 1. The highest BCUT2D eigenvalue weighted by Crippen LogP contribution is 2.25. The van der Waals surface area contributed by atoms with Gasteiger partial charge in [-0.1, -0.05) is 19.9 Å². The molecule has 1 aromatic carbocycles. The van der Waals surface area contributed by atoms with Crippen molar-refractivity contribution in [1.29, 1.82) is 5.26 Å². The summed E-state index contributed by atoms with van der Waals surface area (Å²) >= 11 is 0. The van der Waals surface area contributed by atoms with Crippen LogP contribution in [0.1, 0.15) is 30.7 Å². The van der Waals surface area contributed by atoms with Crippen LogP contribution in [0.5, 0.6) is 0 Å². The highest BCUT2D eigenvalue weighted by Gasteiger charge is 2.20. The summed E-state index contributed by atoms with van der Waals surface area (Å²) in [5, 5.41) is 13.7. The number of nitriles is 1. The predicted molar refractivity (Wildman–Crippen MR) is 100 cm³/mol. The summed E-state index contributed by atoms with van der Waals surface area (Å²) in [7, 11) is 1.99. The van der Waals surface area contributed by atoms with Crippen LogP contribution in [0.3, 0.4) is 0 Å². The van der Waals surface area contributed by atoms with Crippen molar-refractivity contribution in [1.82, 2.24) is 14.7 Å². The van der Waals surface area contributed by atoms with Gasteiger partial charge < -0.3 is 4.90 Å². The molecule has 5 heteroatoms. The van der Waals surface area contributed by atoms with Gasteiger partial charge >= 0.3 is 0 Å². The lowest BCUT2D eigenvalue weighted by molar-refractivity contribution is 0.243. The Morgan fingerprint density at radius 2 is 1.92 bits per heavy atom. The zero-order chi connectivity index (χ0) is 17.8. The van der Waals surface area contributed by atoms with Gasteiger partial charge in [-0.2, -0.15) is 10.4 Å². The molecule has 0 bridgehead atoms. The lowest BCUT2D eigenvalue weighted by Gasteiger charge is -2.36. The SMILES string of the molecule is CC(C)Cc1ccc(C#N)c(N2CCN(Cc3ccnn3C)CC2)c1. The third kappa shape index (κ3) is 4.21. The standard InChI is InChI=1S/C20H27N5/c1-16(2)12-17-4-5-18(14-21)20(13-17)25-10-8-24(9-11-25)15-19-6-7-22-23(19)3/h4-7,13,16H,8-12,15H2,1-3H3. The molecule has 0 amide bonds. The fraction of sp³-hybridized carbons (Fsp3) is 0.500. The molecule has 0 atom stereocenters. The normalized spacial score (nSPS) is 15.6. The lowest BCUT2D eigenvalue weighted by atomic mass is 10.00. The average molecular weight is 337 g/mol. The number of anilines is 1. The van der Waals surface area contributed by atoms with E-state index in [1.54, 1.807) is 0 Å². The molecule has 132 valence electrons. The minimum atomic E-state index is 0.622. The van der Waals surface area contributed by atoms with Gasteiger partial charge in [0, 0.05) is 46.0 Å². The maximum absolute atomic E-state index is 9.48. The van der Waals surface area contributed by atoms with Crippen LogP contribution < -0.4 is 4.90 Å². The molecule has 0 aliphatic carbocycles. The number of rotatable bonds is 5. The lowest BCUT2D eigenvalue weighted by Crippen LogP contribution is -2.46. The summed E-state index contributed by atoms with van der Waals surface area (Å²) < 4.78 is 1.94. The van der Waals surface area contributed by atoms with Crippen LogP contribution in [-0.4, -0.2) is 40.9 Å². The van der Waals surface area contributed by atoms with Crippen LogP contribution in [0.2, 0.25) is 0 Å². The van der Waals surface area contributed by atoms with E-state index in [4.69, 9.17) is 0 Å². The summed E-state index contributed by atoms with van der Waals surface area (Å²) in [6, 6.07) is 10.7. The molecule has 1 fully saturated rings. The Labute approximate surface area is 150 Å². The smallest absolute Gasteiger partial charge is 0.101 e. The number of aromatic nitrogens is 2. The van der Waals surface area contributed by atoms with E-state index in [1.165, 1.54) is 11.3 Å². The van der Waals surface area contributed by atoms with E-state index in [0.717, 1.165) is 50.4 Å². The van der Waals surface area contributed by atoms with Gasteiger partial charge in [0.1, 0.15) is 6.07 Å². The summed E-state index contributed by atoms with van der Waals surface area (Å²) in [5.41, 5.74) is 4.44. The minimum Gasteiger partial charge on any atom is -0.368 e. The van der Waals surface area contributed by atoms with Crippen molar-refractivity contribution >= 4 is 5.69 Å². The number of piperazine rings is 1. The first-order valence-corrected chi connectivity index (χ1v) is 9.04. The van der Waals surface area contributed by atoms with Crippen LogP contribution in [0.4, 0.5) is 5.69 Å². The number of benzene rings is 1. The maximum atomic E-state index is 9.48. The van der Waals surface area contributed by atoms with Gasteiger partial charge in [0.25, 0.3) is 0 Å². The molecule has 1 aliphatic heterocycles. The third-order valence-electron chi connectivity index (χ3n) is 4.85. The van der Waals surface area contributed by atoms with Crippen molar-refractivity contribution in [3.63, 3.8) is 0 Å². The van der Waals surface area contributed by atoms with E-state index >= 15 is 0 Å². The quantitative estimate of drug-likeness (QED) is 0.842. The molecule has 5 nitrogen and oxygen atoms in total. The van der Waals surface area contributed by atoms with Crippen LogP contribution in [0, 0.1) is 17.2 Å². The Kier molecular flexibility index (Phi) is 5.40. The van der Waals surface area contributed by atoms with Gasteiger partial charge in [-0.3, -0.25) is 9.58 Å². The molecule has 1 aromatic heterocycles. The molecule has 25 heavy (non-hydrogen) atoms. The van der Waals surface area contributed by atoms with Crippen molar-refractivity contribution in [3.8, 4) is 6.07 Å². The highest BCUT2D eigenvalue weighted by molar-refractivity contribution is 5.61. The summed E-state index contributed by atoms with van der Waals surface area (Å²) in [5.74, 6) is 0.622. The van der Waals surface area contributed by atoms with Crippen molar-refractivity contribution in [2.45, 2.75) is 26.8 Å². The molecule has 0 unspecified atom stereocenters. The Hall–Kier alpha value is -2.32. The van der Waals surface area contributed by atoms with Gasteiger partial charge in [-0.25, -0.2) is 0 Å². The number of nitrogens with zero attached hydrogens (tertiary/aromatic N) is 5. The molecule has 0 radical (unpaired) electrons. The molecule has 2 aromatic rings. The number of hydrogen-bond donors (Lipinski definition) is 0. The van der Waals surface area contributed by atoms with Gasteiger partial charge in [-0.15, -0.1) is 0 Å². The Balaban J connectivity index is 1.67. The molecule has 0 N–H and O–H groups in total. The Morgan fingerprint density at radius 1 is 1.16 bits per heavy atom. The monoisotopic (exact) mass is 337 g/mol. The molecule has 1 aliphatic rings. The minimum absolute atomic E-state index is 0.622. The largest absolute Gasteiger partial charge is 0.368 e. The van der Waals surface area contributed by atoms with Gasteiger partial charge in [0.05, 0.1) is 16.9 Å². The van der Waals surface area contributed by atoms with Crippen LogP contribution in [0.15, 0.2) is 30.5 Å². The first-order valence-electron chi connectivity index (χ1n) is 9.04. The second-order valence-corrected chi connectivity index (χ2v) is 7.27. The van der Waals surface area contributed by atoms with E-state index in [-0.39, 0.29) is 0 Å². The van der Waals surface area contributed by atoms with E-state index in [0.29, 0.717) is 5.92 Å². The fourth-order valence-corrected chi connectivity index (χ4v) is 3.46. The molecule has 0 saturated carbocycles. The fourth-order valence-electron chi connectivity index (χ4n) is 3.46. The van der Waals surface area contributed by atoms with Crippen LogP contribution >= 0.6 is 0 Å². The van der Waals surface area contributed by atoms with E-state index in [1.807, 2.05) is 24.0 Å². The molecule has 0 spiro atoms. The molecular formula is C20H27N5. The summed E-state index contributed by atoms with van der Waals surface area (Å²) in [6.45, 7) is 9.32. The van der Waals surface area contributed by atoms with Gasteiger partial charge in [0.2, 0.25) is 0 Å². The van der Waals surface area contributed by atoms with Gasteiger partial charge in [0.15, 0.2) is 0 Å². The van der Waals surface area contributed by atoms with E-state index in [9.17, 15) is 5.26 Å². The van der Waals surface area contributed by atoms with Crippen molar-refractivity contribution < 1.29 is 0 Å². The van der Waals surface area contributed by atoms with Crippen molar-refractivity contribution in [2.24, 2.45) is 13.0 Å². The van der Waals surface area contributed by atoms with Crippen molar-refractivity contribution in [3.05, 3.63) is 47.3 Å².